The fourth-order valence-electron chi connectivity index (χ4n) is 4.80. The number of ether oxygens (including phenoxy) is 1. The van der Waals surface area contributed by atoms with Crippen LogP contribution in [0.5, 0.6) is 5.75 Å². The summed E-state index contributed by atoms with van der Waals surface area (Å²) in [6.45, 7) is 3.27. The van der Waals surface area contributed by atoms with E-state index in [1.807, 2.05) is 25.3 Å². The second-order valence-electron chi connectivity index (χ2n) is 8.43. The Hall–Kier alpha value is -3.00. The van der Waals surface area contributed by atoms with Gasteiger partial charge in [-0.25, -0.2) is 18.6 Å². The van der Waals surface area contributed by atoms with Gasteiger partial charge < -0.3 is 14.8 Å². The van der Waals surface area contributed by atoms with Crippen molar-refractivity contribution in [1.29, 1.82) is 0 Å². The Morgan fingerprint density at radius 2 is 2.19 bits per heavy atom. The maximum Gasteiger partial charge on any atom is 0.354 e. The molecule has 1 aliphatic rings. The number of aromatic nitrogens is 2. The summed E-state index contributed by atoms with van der Waals surface area (Å²) < 4.78 is 31.9. The number of pyridine rings is 1. The molecule has 0 radical (unpaired) electrons. The first kappa shape index (κ1) is 22.2. The quantitative estimate of drug-likeness (QED) is 0.526. The highest BCUT2D eigenvalue weighted by molar-refractivity contribution is 5.88. The molecule has 0 aliphatic carbocycles. The van der Waals surface area contributed by atoms with E-state index >= 15 is 0 Å². The molecule has 6 nitrogen and oxygen atoms in total. The van der Waals surface area contributed by atoms with E-state index in [1.165, 1.54) is 6.07 Å². The molecule has 2 N–H and O–H groups in total. The second-order valence-corrected chi connectivity index (χ2v) is 8.43. The zero-order valence-electron chi connectivity index (χ0n) is 18.1. The lowest BCUT2D eigenvalue weighted by Gasteiger charge is -2.40. The van der Waals surface area contributed by atoms with Gasteiger partial charge in [-0.05, 0) is 61.6 Å². The standard InChI is InChI=1S/C24H27F2N3O3/c1-14-9-21(32-2)18(17-5-7-27-23(14)17)13-29-8-6-15(11-22(25)26)10-20(29)16-3-4-19(24(30)31)28-12-16/h3-5,7,9,12,15,20,22,27H,6,8,10-11,13H2,1-2H3,(H,30,31)/t15?,20-/m0/s1. The summed E-state index contributed by atoms with van der Waals surface area (Å²) in [5.41, 5.74) is 3.99. The maximum atomic E-state index is 13.1. The van der Waals surface area contributed by atoms with E-state index in [1.54, 1.807) is 19.4 Å². The van der Waals surface area contributed by atoms with Crippen LogP contribution in [0.2, 0.25) is 0 Å². The Morgan fingerprint density at radius 1 is 1.38 bits per heavy atom. The molecule has 1 aromatic carbocycles. The molecule has 4 rings (SSSR count). The number of fused-ring (bicyclic) bond motifs is 1. The predicted octanol–water partition coefficient (Wildman–Crippen LogP) is 5.19. The van der Waals surface area contributed by atoms with Crippen LogP contribution in [0, 0.1) is 12.8 Å². The van der Waals surface area contributed by atoms with Gasteiger partial charge in [0, 0.05) is 47.9 Å². The lowest BCUT2D eigenvalue weighted by molar-refractivity contribution is 0.0561. The number of rotatable bonds is 7. The molecule has 3 heterocycles. The number of nitrogens with one attached hydrogen (secondary N) is 1. The minimum Gasteiger partial charge on any atom is -0.496 e. The number of halogens is 2. The third-order valence-electron chi connectivity index (χ3n) is 6.42. The highest BCUT2D eigenvalue weighted by Gasteiger charge is 2.32. The molecule has 2 aromatic heterocycles. The monoisotopic (exact) mass is 443 g/mol. The average Bonchev–Trinajstić information content (AvgIpc) is 3.27. The third-order valence-corrected chi connectivity index (χ3v) is 6.42. The van der Waals surface area contributed by atoms with Crippen LogP contribution in [0.3, 0.4) is 0 Å². The summed E-state index contributed by atoms with van der Waals surface area (Å²) in [4.78, 5) is 20.8. The summed E-state index contributed by atoms with van der Waals surface area (Å²) >= 11 is 0. The number of piperidine rings is 1. The zero-order chi connectivity index (χ0) is 22.8. The second kappa shape index (κ2) is 9.24. The molecule has 2 atom stereocenters. The average molecular weight is 443 g/mol. The smallest absolute Gasteiger partial charge is 0.354 e. The van der Waals surface area contributed by atoms with Crippen LogP contribution in [0.25, 0.3) is 10.9 Å². The van der Waals surface area contributed by atoms with Crippen molar-refractivity contribution in [3.63, 3.8) is 0 Å². The fourth-order valence-corrected chi connectivity index (χ4v) is 4.80. The van der Waals surface area contributed by atoms with Crippen LogP contribution in [0.1, 0.15) is 52.5 Å². The van der Waals surface area contributed by atoms with Gasteiger partial charge in [0.15, 0.2) is 0 Å². The summed E-state index contributed by atoms with van der Waals surface area (Å²) in [6.07, 6.45) is 2.26. The van der Waals surface area contributed by atoms with Gasteiger partial charge in [0.25, 0.3) is 0 Å². The highest BCUT2D eigenvalue weighted by Crippen LogP contribution is 2.40. The normalized spacial score (nSPS) is 19.5. The molecule has 0 bridgehead atoms. The Bertz CT molecular complexity index is 1100. The van der Waals surface area contributed by atoms with Crippen molar-refractivity contribution in [3.8, 4) is 5.75 Å². The number of carboxylic acid groups (broad SMARTS) is 1. The van der Waals surface area contributed by atoms with Gasteiger partial charge in [-0.3, -0.25) is 4.90 Å². The van der Waals surface area contributed by atoms with E-state index in [9.17, 15) is 13.6 Å². The highest BCUT2D eigenvalue weighted by atomic mass is 19.3. The molecule has 0 spiro atoms. The van der Waals surface area contributed by atoms with Crippen molar-refractivity contribution in [3.05, 3.63) is 59.0 Å². The first-order valence-corrected chi connectivity index (χ1v) is 10.7. The van der Waals surface area contributed by atoms with Crippen molar-refractivity contribution in [1.82, 2.24) is 14.9 Å². The Morgan fingerprint density at radius 3 is 2.84 bits per heavy atom. The fraction of sp³-hybridized carbons (Fsp3) is 0.417. The maximum absolute atomic E-state index is 13.1. The number of aromatic amines is 1. The van der Waals surface area contributed by atoms with Gasteiger partial charge >= 0.3 is 5.97 Å². The number of H-pyrrole nitrogens is 1. The third kappa shape index (κ3) is 4.46. The van der Waals surface area contributed by atoms with Crippen molar-refractivity contribution >= 4 is 16.9 Å². The van der Waals surface area contributed by atoms with Crippen molar-refractivity contribution < 1.29 is 23.4 Å². The number of carboxylic acids is 1. The van der Waals surface area contributed by atoms with Gasteiger partial charge in [0.2, 0.25) is 6.43 Å². The molecule has 1 aliphatic heterocycles. The largest absolute Gasteiger partial charge is 0.496 e. The number of alkyl halides is 2. The Balaban J connectivity index is 1.68. The first-order chi connectivity index (χ1) is 15.4. The minimum atomic E-state index is -2.34. The molecule has 1 unspecified atom stereocenters. The van der Waals surface area contributed by atoms with Gasteiger partial charge in [-0.15, -0.1) is 0 Å². The van der Waals surface area contributed by atoms with Crippen LogP contribution < -0.4 is 4.74 Å². The van der Waals surface area contributed by atoms with Gasteiger partial charge in [-0.1, -0.05) is 6.07 Å². The molecule has 0 amide bonds. The number of aryl methyl sites for hydroxylation is 1. The molecular weight excluding hydrogens is 416 g/mol. The van der Waals surface area contributed by atoms with Gasteiger partial charge in [-0.2, -0.15) is 0 Å². The number of hydrogen-bond acceptors (Lipinski definition) is 4. The SMILES string of the molecule is COc1cc(C)c2[nH]ccc2c1CN1CCC(CC(F)F)C[C@H]1c1ccc(C(=O)O)nc1. The van der Waals surface area contributed by atoms with Gasteiger partial charge in [0.1, 0.15) is 11.4 Å². The minimum absolute atomic E-state index is 0.0329. The van der Waals surface area contributed by atoms with Crippen LogP contribution in [-0.4, -0.2) is 46.0 Å². The summed E-state index contributed by atoms with van der Waals surface area (Å²) in [5.74, 6) is -0.392. The molecule has 170 valence electrons. The molecule has 0 saturated carbocycles. The number of likely N-dealkylation sites (tertiary alicyclic amines) is 1. The lowest BCUT2D eigenvalue weighted by atomic mass is 9.85. The predicted molar refractivity (Wildman–Crippen MR) is 117 cm³/mol. The van der Waals surface area contributed by atoms with Crippen LogP contribution in [-0.2, 0) is 6.54 Å². The summed E-state index contributed by atoms with van der Waals surface area (Å²) in [5, 5.41) is 10.2. The van der Waals surface area contributed by atoms with E-state index in [0.717, 1.165) is 33.3 Å². The molecular formula is C24H27F2N3O3. The van der Waals surface area contributed by atoms with Crippen molar-refractivity contribution in [2.75, 3.05) is 13.7 Å². The number of benzene rings is 1. The topological polar surface area (TPSA) is 78.5 Å². The number of methoxy groups -OCH3 is 1. The number of nitrogens with zero attached hydrogens (tertiary/aromatic N) is 2. The van der Waals surface area contributed by atoms with E-state index in [-0.39, 0.29) is 24.1 Å². The number of aromatic carboxylic acids is 1. The zero-order valence-corrected chi connectivity index (χ0v) is 18.1. The molecule has 8 heteroatoms. The van der Waals surface area contributed by atoms with Crippen molar-refractivity contribution in [2.24, 2.45) is 5.92 Å². The van der Waals surface area contributed by atoms with Gasteiger partial charge in [0.05, 0.1) is 7.11 Å². The molecule has 1 saturated heterocycles. The van der Waals surface area contributed by atoms with Crippen LogP contribution >= 0.6 is 0 Å². The van der Waals surface area contributed by atoms with E-state index in [2.05, 4.69) is 14.9 Å². The molecule has 1 fully saturated rings. The molecule has 32 heavy (non-hydrogen) atoms. The van der Waals surface area contributed by atoms with E-state index in [0.29, 0.717) is 25.9 Å². The van der Waals surface area contributed by atoms with E-state index < -0.39 is 12.4 Å². The Labute approximate surface area is 185 Å². The van der Waals surface area contributed by atoms with Crippen LogP contribution in [0.15, 0.2) is 36.7 Å². The summed E-state index contributed by atoms with van der Waals surface area (Å²) in [7, 11) is 1.65. The van der Waals surface area contributed by atoms with Crippen LogP contribution in [0.4, 0.5) is 8.78 Å². The van der Waals surface area contributed by atoms with Crippen molar-refractivity contribution in [2.45, 2.75) is 45.2 Å². The lowest BCUT2D eigenvalue weighted by Crippen LogP contribution is -2.37. The number of hydrogen-bond donors (Lipinski definition) is 2. The van der Waals surface area contributed by atoms with E-state index in [4.69, 9.17) is 9.84 Å². The number of carbonyl (C=O) groups is 1. The first-order valence-electron chi connectivity index (χ1n) is 10.7. The summed E-state index contributed by atoms with van der Waals surface area (Å²) in [6, 6.07) is 7.13. The molecule has 3 aromatic rings. The Kier molecular flexibility index (Phi) is 6.41.